The van der Waals surface area contributed by atoms with Crippen molar-refractivity contribution in [3.05, 3.63) is 30.2 Å². The van der Waals surface area contributed by atoms with Crippen LogP contribution in [-0.2, 0) is 0 Å². The zero-order chi connectivity index (χ0) is 15.4. The van der Waals surface area contributed by atoms with Crippen molar-refractivity contribution >= 4 is 11.8 Å². The molecule has 2 aromatic rings. The maximum absolute atomic E-state index is 12.6. The lowest BCUT2D eigenvalue weighted by atomic mass is 9.98. The minimum Gasteiger partial charge on any atom is -0.467 e. The molecule has 0 aromatic carbocycles. The number of hydrogen-bond donors (Lipinski definition) is 2. The van der Waals surface area contributed by atoms with Gasteiger partial charge in [-0.25, -0.2) is 9.78 Å². The highest BCUT2D eigenvalue weighted by Crippen LogP contribution is 2.30. The highest BCUT2D eigenvalue weighted by molar-refractivity contribution is 5.88. The van der Waals surface area contributed by atoms with Crippen LogP contribution in [0.25, 0.3) is 0 Å². The first-order chi connectivity index (χ1) is 10.8. The maximum atomic E-state index is 12.6. The molecule has 1 aliphatic rings. The number of hydrogen-bond acceptors (Lipinski definition) is 5. The predicted octanol–water partition coefficient (Wildman–Crippen LogP) is 1.97. The van der Waals surface area contributed by atoms with E-state index < -0.39 is 0 Å². The second-order valence-electron chi connectivity index (χ2n) is 5.10. The molecular weight excluding hydrogens is 284 g/mol. The largest absolute Gasteiger partial charge is 0.467 e. The second-order valence-corrected chi connectivity index (χ2v) is 5.10. The lowest BCUT2D eigenvalue weighted by Gasteiger charge is -2.35. The van der Waals surface area contributed by atoms with E-state index in [9.17, 15) is 4.79 Å². The van der Waals surface area contributed by atoms with Gasteiger partial charge in [0.05, 0.1) is 19.3 Å². The standard InChI is InChI=1S/C14H18N6O2/c1-22-13-15-6-5-12(18-13)19-14(21)20-7-3-2-4-11(20)10-8-16-17-9-10/h5-6,8-9,11H,2-4,7H2,1H3,(H,16,17)(H,15,18,19,21). The van der Waals surface area contributed by atoms with E-state index in [-0.39, 0.29) is 18.1 Å². The number of nitrogens with zero attached hydrogens (tertiary/aromatic N) is 4. The Balaban J connectivity index is 1.74. The van der Waals surface area contributed by atoms with E-state index in [4.69, 9.17) is 4.74 Å². The first-order valence-corrected chi connectivity index (χ1v) is 7.21. The van der Waals surface area contributed by atoms with E-state index >= 15 is 0 Å². The number of likely N-dealkylation sites (tertiary alicyclic amines) is 1. The number of carbonyl (C=O) groups excluding carboxylic acids is 1. The molecule has 1 aliphatic heterocycles. The molecule has 3 rings (SSSR count). The first-order valence-electron chi connectivity index (χ1n) is 7.21. The summed E-state index contributed by atoms with van der Waals surface area (Å²) in [5.41, 5.74) is 1.02. The molecule has 1 fully saturated rings. The Kier molecular flexibility index (Phi) is 4.17. The zero-order valence-electron chi connectivity index (χ0n) is 12.3. The van der Waals surface area contributed by atoms with E-state index in [0.717, 1.165) is 24.8 Å². The molecule has 0 radical (unpaired) electrons. The lowest BCUT2D eigenvalue weighted by Crippen LogP contribution is -2.41. The van der Waals surface area contributed by atoms with E-state index in [1.54, 1.807) is 18.5 Å². The number of urea groups is 1. The molecule has 1 atom stereocenters. The Labute approximate surface area is 127 Å². The minimum atomic E-state index is -0.174. The van der Waals surface area contributed by atoms with Gasteiger partial charge in [0.2, 0.25) is 0 Å². The molecule has 3 heterocycles. The monoisotopic (exact) mass is 302 g/mol. The maximum Gasteiger partial charge on any atom is 0.323 e. The molecular formula is C14H18N6O2. The van der Waals surface area contributed by atoms with Gasteiger partial charge in [0.15, 0.2) is 0 Å². The summed E-state index contributed by atoms with van der Waals surface area (Å²) in [5.74, 6) is 0.424. The molecule has 2 aromatic heterocycles. The van der Waals surface area contributed by atoms with Crippen molar-refractivity contribution < 1.29 is 9.53 Å². The van der Waals surface area contributed by atoms with E-state index in [2.05, 4.69) is 25.5 Å². The number of carbonyl (C=O) groups is 1. The third kappa shape index (κ3) is 3.00. The topological polar surface area (TPSA) is 96.0 Å². The SMILES string of the molecule is COc1nccc(NC(=O)N2CCCCC2c2cn[nH]c2)n1. The molecule has 0 aliphatic carbocycles. The molecule has 0 saturated carbocycles. The fourth-order valence-corrected chi connectivity index (χ4v) is 2.65. The smallest absolute Gasteiger partial charge is 0.323 e. The summed E-state index contributed by atoms with van der Waals surface area (Å²) < 4.78 is 4.96. The molecule has 0 spiro atoms. The first kappa shape index (κ1) is 14.3. The van der Waals surface area contributed by atoms with Crippen molar-refractivity contribution in [2.75, 3.05) is 19.0 Å². The number of nitrogens with one attached hydrogen (secondary N) is 2. The number of rotatable bonds is 3. The molecule has 22 heavy (non-hydrogen) atoms. The number of piperidine rings is 1. The van der Waals surface area contributed by atoms with E-state index in [1.165, 1.54) is 7.11 Å². The summed E-state index contributed by atoms with van der Waals surface area (Å²) in [6, 6.07) is 1.72. The van der Waals surface area contributed by atoms with Crippen LogP contribution in [0, 0.1) is 0 Å². The molecule has 0 bridgehead atoms. The molecule has 8 nitrogen and oxygen atoms in total. The lowest BCUT2D eigenvalue weighted by molar-refractivity contribution is 0.163. The number of methoxy groups -OCH3 is 1. The predicted molar refractivity (Wildman–Crippen MR) is 79.5 cm³/mol. The zero-order valence-corrected chi connectivity index (χ0v) is 12.3. The Morgan fingerprint density at radius 1 is 1.50 bits per heavy atom. The molecule has 1 saturated heterocycles. The quantitative estimate of drug-likeness (QED) is 0.903. The van der Waals surface area contributed by atoms with Crippen LogP contribution >= 0.6 is 0 Å². The molecule has 1 unspecified atom stereocenters. The fraction of sp³-hybridized carbons (Fsp3) is 0.429. The van der Waals surface area contributed by atoms with Crippen LogP contribution in [0.4, 0.5) is 10.6 Å². The normalized spacial score (nSPS) is 18.0. The molecule has 116 valence electrons. The molecule has 2 N–H and O–H groups in total. The Bertz CT molecular complexity index is 630. The van der Waals surface area contributed by atoms with Gasteiger partial charge in [0.1, 0.15) is 5.82 Å². The van der Waals surface area contributed by atoms with Gasteiger partial charge in [0.25, 0.3) is 0 Å². The van der Waals surface area contributed by atoms with Crippen LogP contribution in [0.5, 0.6) is 6.01 Å². The van der Waals surface area contributed by atoms with Gasteiger partial charge in [-0.1, -0.05) is 0 Å². The highest BCUT2D eigenvalue weighted by Gasteiger charge is 2.28. The summed E-state index contributed by atoms with van der Waals surface area (Å²) in [6.07, 6.45) is 8.18. The van der Waals surface area contributed by atoms with E-state index in [0.29, 0.717) is 12.4 Å². The average Bonchev–Trinajstić information content (AvgIpc) is 3.09. The summed E-state index contributed by atoms with van der Waals surface area (Å²) >= 11 is 0. The van der Waals surface area contributed by atoms with Crippen molar-refractivity contribution in [3.8, 4) is 6.01 Å². The number of amides is 2. The number of aromatic amines is 1. The van der Waals surface area contributed by atoms with Crippen molar-refractivity contribution in [2.45, 2.75) is 25.3 Å². The summed E-state index contributed by atoms with van der Waals surface area (Å²) in [7, 11) is 1.49. The average molecular weight is 302 g/mol. The minimum absolute atomic E-state index is 0.0382. The van der Waals surface area contributed by atoms with Crippen LogP contribution in [-0.4, -0.2) is 44.8 Å². The van der Waals surface area contributed by atoms with Crippen LogP contribution in [0.15, 0.2) is 24.7 Å². The van der Waals surface area contributed by atoms with Gasteiger partial charge in [-0.3, -0.25) is 10.4 Å². The fourth-order valence-electron chi connectivity index (χ4n) is 2.65. The van der Waals surface area contributed by atoms with Crippen molar-refractivity contribution in [1.29, 1.82) is 0 Å². The van der Waals surface area contributed by atoms with Crippen LogP contribution in [0.2, 0.25) is 0 Å². The van der Waals surface area contributed by atoms with Crippen molar-refractivity contribution in [2.24, 2.45) is 0 Å². The third-order valence-corrected chi connectivity index (χ3v) is 3.72. The van der Waals surface area contributed by atoms with Crippen LogP contribution < -0.4 is 10.1 Å². The number of H-pyrrole nitrogens is 1. The number of ether oxygens (including phenoxy) is 1. The van der Waals surface area contributed by atoms with Gasteiger partial charge >= 0.3 is 12.0 Å². The van der Waals surface area contributed by atoms with Gasteiger partial charge < -0.3 is 9.64 Å². The van der Waals surface area contributed by atoms with Gasteiger partial charge in [0, 0.05) is 24.5 Å². The number of anilines is 1. The van der Waals surface area contributed by atoms with Gasteiger partial charge in [-0.05, 0) is 25.3 Å². The van der Waals surface area contributed by atoms with Gasteiger partial charge in [-0.15, -0.1) is 0 Å². The Hall–Kier alpha value is -2.64. The van der Waals surface area contributed by atoms with Crippen molar-refractivity contribution in [3.63, 3.8) is 0 Å². The van der Waals surface area contributed by atoms with Gasteiger partial charge in [-0.2, -0.15) is 10.1 Å². The molecule has 2 amide bonds. The second kappa shape index (κ2) is 6.42. The van der Waals surface area contributed by atoms with Crippen molar-refractivity contribution in [1.82, 2.24) is 25.1 Å². The summed E-state index contributed by atoms with van der Waals surface area (Å²) in [4.78, 5) is 22.4. The Morgan fingerprint density at radius 2 is 2.41 bits per heavy atom. The summed E-state index contributed by atoms with van der Waals surface area (Å²) in [6.45, 7) is 0.712. The van der Waals surface area contributed by atoms with Crippen LogP contribution in [0.3, 0.4) is 0 Å². The Morgan fingerprint density at radius 3 is 3.18 bits per heavy atom. The molecule has 8 heteroatoms. The summed E-state index contributed by atoms with van der Waals surface area (Å²) in [5, 5.41) is 9.59. The third-order valence-electron chi connectivity index (χ3n) is 3.72. The number of aromatic nitrogens is 4. The van der Waals surface area contributed by atoms with Crippen LogP contribution in [0.1, 0.15) is 30.9 Å². The highest BCUT2D eigenvalue weighted by atomic mass is 16.5. The van der Waals surface area contributed by atoms with E-state index in [1.807, 2.05) is 11.1 Å².